The quantitative estimate of drug-likeness (QED) is 0.694. The minimum absolute atomic E-state index is 0.266. The van der Waals surface area contributed by atoms with Crippen LogP contribution in [0.3, 0.4) is 0 Å². The molecule has 0 spiro atoms. The van der Waals surface area contributed by atoms with Gasteiger partial charge in [0, 0.05) is 5.92 Å². The highest BCUT2D eigenvalue weighted by Crippen LogP contribution is 2.29. The zero-order valence-corrected chi connectivity index (χ0v) is 9.98. The Bertz CT molecular complexity index is 161. The van der Waals surface area contributed by atoms with E-state index in [0.717, 1.165) is 12.3 Å². The molecule has 1 fully saturated rings. The van der Waals surface area contributed by atoms with Crippen LogP contribution in [0.4, 0.5) is 0 Å². The van der Waals surface area contributed by atoms with Crippen molar-refractivity contribution in [2.75, 3.05) is 5.33 Å². The lowest BCUT2D eigenvalue weighted by molar-refractivity contribution is -0.120. The summed E-state index contributed by atoms with van der Waals surface area (Å²) in [6.45, 7) is 2.07. The second-order valence-electron chi connectivity index (χ2n) is 4.24. The number of ketones is 1. The van der Waals surface area contributed by atoms with Gasteiger partial charge < -0.3 is 0 Å². The number of halogens is 1. The second-order valence-corrected chi connectivity index (χ2v) is 4.80. The van der Waals surface area contributed by atoms with Crippen LogP contribution in [-0.4, -0.2) is 11.1 Å². The standard InChI is InChI=1S/C11H19BrO/c1-9(11(13)8-12)7-10-5-3-2-4-6-10/h9-10H,2-8H2,1H3/t9-/m1/s1. The van der Waals surface area contributed by atoms with E-state index < -0.39 is 0 Å². The lowest BCUT2D eigenvalue weighted by Gasteiger charge is -2.23. The molecule has 0 radical (unpaired) electrons. The Morgan fingerprint density at radius 2 is 2.00 bits per heavy atom. The monoisotopic (exact) mass is 246 g/mol. The Morgan fingerprint density at radius 1 is 1.38 bits per heavy atom. The van der Waals surface area contributed by atoms with Gasteiger partial charge in [0.05, 0.1) is 5.33 Å². The van der Waals surface area contributed by atoms with E-state index in [2.05, 4.69) is 22.9 Å². The highest BCUT2D eigenvalue weighted by atomic mass is 79.9. The minimum atomic E-state index is 0.266. The molecular weight excluding hydrogens is 228 g/mol. The summed E-state index contributed by atoms with van der Waals surface area (Å²) in [6.07, 6.45) is 7.96. The molecule has 0 saturated heterocycles. The topological polar surface area (TPSA) is 17.1 Å². The van der Waals surface area contributed by atoms with Gasteiger partial charge in [-0.05, 0) is 12.3 Å². The summed E-state index contributed by atoms with van der Waals surface area (Å²) in [5.41, 5.74) is 0. The Hall–Kier alpha value is 0.150. The molecule has 1 saturated carbocycles. The summed E-state index contributed by atoms with van der Waals surface area (Å²) in [6, 6.07) is 0. The second kappa shape index (κ2) is 5.79. The van der Waals surface area contributed by atoms with Crippen LogP contribution in [0.1, 0.15) is 45.4 Å². The Balaban J connectivity index is 2.25. The lowest BCUT2D eigenvalue weighted by Crippen LogP contribution is -2.18. The lowest BCUT2D eigenvalue weighted by atomic mass is 9.82. The third-order valence-electron chi connectivity index (χ3n) is 3.09. The van der Waals surface area contributed by atoms with Crippen LogP contribution in [0.2, 0.25) is 0 Å². The van der Waals surface area contributed by atoms with Gasteiger partial charge in [0.25, 0.3) is 0 Å². The van der Waals surface area contributed by atoms with Gasteiger partial charge in [-0.15, -0.1) is 0 Å². The van der Waals surface area contributed by atoms with E-state index in [1.165, 1.54) is 32.1 Å². The largest absolute Gasteiger partial charge is 0.298 e. The van der Waals surface area contributed by atoms with Gasteiger partial charge in [-0.3, -0.25) is 4.79 Å². The number of hydrogen-bond acceptors (Lipinski definition) is 1. The molecule has 13 heavy (non-hydrogen) atoms. The van der Waals surface area contributed by atoms with Crippen LogP contribution in [-0.2, 0) is 4.79 Å². The first-order valence-electron chi connectivity index (χ1n) is 5.32. The molecule has 1 atom stereocenters. The molecule has 0 unspecified atom stereocenters. The van der Waals surface area contributed by atoms with Gasteiger partial charge in [0.2, 0.25) is 0 Å². The van der Waals surface area contributed by atoms with Crippen molar-refractivity contribution in [1.82, 2.24) is 0 Å². The van der Waals surface area contributed by atoms with Crippen molar-refractivity contribution >= 4 is 21.7 Å². The Kier molecular flexibility index (Phi) is 5.00. The maximum absolute atomic E-state index is 11.3. The van der Waals surface area contributed by atoms with E-state index in [1.54, 1.807) is 0 Å². The third-order valence-corrected chi connectivity index (χ3v) is 3.65. The van der Waals surface area contributed by atoms with Gasteiger partial charge in [0.15, 0.2) is 0 Å². The van der Waals surface area contributed by atoms with Crippen LogP contribution in [0.5, 0.6) is 0 Å². The summed E-state index contributed by atoms with van der Waals surface area (Å²) in [5.74, 6) is 1.46. The fourth-order valence-corrected chi connectivity index (χ4v) is 2.74. The molecule has 0 N–H and O–H groups in total. The average Bonchev–Trinajstić information content (AvgIpc) is 2.18. The van der Waals surface area contributed by atoms with Gasteiger partial charge in [0.1, 0.15) is 5.78 Å². The molecule has 1 nitrogen and oxygen atoms in total. The summed E-state index contributed by atoms with van der Waals surface area (Å²) in [4.78, 5) is 11.3. The van der Waals surface area contributed by atoms with Crippen molar-refractivity contribution in [3.05, 3.63) is 0 Å². The number of hydrogen-bond donors (Lipinski definition) is 0. The fraction of sp³-hybridized carbons (Fsp3) is 0.909. The van der Waals surface area contributed by atoms with Crippen LogP contribution < -0.4 is 0 Å². The molecule has 0 heterocycles. The molecule has 1 aliphatic rings. The van der Waals surface area contributed by atoms with E-state index in [0.29, 0.717) is 11.1 Å². The molecule has 0 aromatic heterocycles. The zero-order valence-electron chi connectivity index (χ0n) is 8.39. The minimum Gasteiger partial charge on any atom is -0.298 e. The van der Waals surface area contributed by atoms with Crippen molar-refractivity contribution in [1.29, 1.82) is 0 Å². The molecule has 1 aliphatic carbocycles. The van der Waals surface area contributed by atoms with E-state index >= 15 is 0 Å². The van der Waals surface area contributed by atoms with E-state index in [-0.39, 0.29) is 5.92 Å². The molecule has 76 valence electrons. The first-order valence-corrected chi connectivity index (χ1v) is 6.45. The van der Waals surface area contributed by atoms with Crippen LogP contribution in [0.15, 0.2) is 0 Å². The summed E-state index contributed by atoms with van der Waals surface area (Å²) >= 11 is 3.23. The SMILES string of the molecule is C[C@H](CC1CCCCC1)C(=O)CBr. The van der Waals surface area contributed by atoms with Crippen LogP contribution in [0.25, 0.3) is 0 Å². The summed E-state index contributed by atoms with van der Waals surface area (Å²) < 4.78 is 0. The number of carbonyl (C=O) groups excluding carboxylic acids is 1. The highest BCUT2D eigenvalue weighted by Gasteiger charge is 2.19. The van der Waals surface area contributed by atoms with Gasteiger partial charge in [-0.1, -0.05) is 55.0 Å². The first-order chi connectivity index (χ1) is 6.24. The maximum atomic E-state index is 11.3. The molecule has 0 aliphatic heterocycles. The van der Waals surface area contributed by atoms with Crippen LogP contribution in [0, 0.1) is 11.8 Å². The smallest absolute Gasteiger partial charge is 0.146 e. The van der Waals surface area contributed by atoms with Gasteiger partial charge in [-0.2, -0.15) is 0 Å². The van der Waals surface area contributed by atoms with E-state index in [4.69, 9.17) is 0 Å². The molecular formula is C11H19BrO. The molecule has 0 amide bonds. The Labute approximate surface area is 89.4 Å². The van der Waals surface area contributed by atoms with E-state index in [1.807, 2.05) is 0 Å². The van der Waals surface area contributed by atoms with E-state index in [9.17, 15) is 4.79 Å². The molecule has 0 aromatic rings. The van der Waals surface area contributed by atoms with Gasteiger partial charge in [-0.25, -0.2) is 0 Å². The molecule has 0 bridgehead atoms. The summed E-state index contributed by atoms with van der Waals surface area (Å²) in [5, 5.41) is 0.529. The molecule has 1 rings (SSSR count). The number of rotatable bonds is 4. The average molecular weight is 247 g/mol. The van der Waals surface area contributed by atoms with Gasteiger partial charge >= 0.3 is 0 Å². The van der Waals surface area contributed by atoms with Crippen molar-refractivity contribution in [3.63, 3.8) is 0 Å². The van der Waals surface area contributed by atoms with Crippen molar-refractivity contribution < 1.29 is 4.79 Å². The maximum Gasteiger partial charge on any atom is 0.146 e. The molecule has 2 heteroatoms. The number of Topliss-reactive ketones (excluding diaryl/α,β-unsaturated/α-hetero) is 1. The normalized spacial score (nSPS) is 21.4. The van der Waals surface area contributed by atoms with Crippen molar-refractivity contribution in [3.8, 4) is 0 Å². The number of alkyl halides is 1. The highest BCUT2D eigenvalue weighted by molar-refractivity contribution is 9.09. The van der Waals surface area contributed by atoms with Crippen molar-refractivity contribution in [2.24, 2.45) is 11.8 Å². The predicted molar refractivity (Wildman–Crippen MR) is 59.2 cm³/mol. The Morgan fingerprint density at radius 3 is 2.54 bits per heavy atom. The molecule has 0 aromatic carbocycles. The predicted octanol–water partition coefficient (Wildman–Crippen LogP) is 3.56. The first kappa shape index (κ1) is 11.2. The number of carbonyl (C=O) groups is 1. The van der Waals surface area contributed by atoms with Crippen molar-refractivity contribution in [2.45, 2.75) is 45.4 Å². The zero-order chi connectivity index (χ0) is 9.68. The summed E-state index contributed by atoms with van der Waals surface area (Å²) in [7, 11) is 0. The fourth-order valence-electron chi connectivity index (χ4n) is 2.19. The van der Waals surface area contributed by atoms with Crippen LogP contribution >= 0.6 is 15.9 Å². The third kappa shape index (κ3) is 3.80.